The van der Waals surface area contributed by atoms with Crippen molar-refractivity contribution < 1.29 is 9.47 Å². The van der Waals surface area contributed by atoms with Crippen molar-refractivity contribution in [2.45, 2.75) is 81.3 Å². The van der Waals surface area contributed by atoms with E-state index in [4.69, 9.17) is 14.5 Å². The molecule has 3 atom stereocenters. The van der Waals surface area contributed by atoms with Crippen LogP contribution in [0.4, 0.5) is 0 Å². The first kappa shape index (κ1) is 21.6. The van der Waals surface area contributed by atoms with Crippen molar-refractivity contribution in [2.24, 2.45) is 0 Å². The molecule has 1 saturated carbocycles. The molecular weight excluding hydrogens is 404 g/mol. The molecule has 5 rings (SSSR count). The smallest absolute Gasteiger partial charge is 0.104 e. The normalized spacial score (nSPS) is 29.8. The Hall–Kier alpha value is -1.27. The van der Waals surface area contributed by atoms with Gasteiger partial charge in [0.2, 0.25) is 0 Å². The summed E-state index contributed by atoms with van der Waals surface area (Å²) in [6, 6.07) is 8.72. The van der Waals surface area contributed by atoms with E-state index >= 15 is 0 Å². The van der Waals surface area contributed by atoms with Gasteiger partial charge in [-0.15, -0.1) is 11.3 Å². The molecule has 0 amide bonds. The second-order valence-electron chi connectivity index (χ2n) is 9.78. The Balaban J connectivity index is 1.25. The minimum Gasteiger partial charge on any atom is -0.375 e. The van der Waals surface area contributed by atoms with Crippen molar-refractivity contribution in [2.75, 3.05) is 26.3 Å². The van der Waals surface area contributed by atoms with Gasteiger partial charge >= 0.3 is 0 Å². The molecule has 1 aliphatic carbocycles. The average Bonchev–Trinajstić information content (AvgIpc) is 3.48. The van der Waals surface area contributed by atoms with Gasteiger partial charge in [0.25, 0.3) is 0 Å². The third kappa shape index (κ3) is 4.35. The van der Waals surface area contributed by atoms with Crippen LogP contribution in [-0.2, 0) is 14.9 Å². The van der Waals surface area contributed by atoms with Gasteiger partial charge in [0.1, 0.15) is 6.10 Å². The Morgan fingerprint density at radius 1 is 1.19 bits per heavy atom. The predicted molar refractivity (Wildman–Crippen MR) is 126 cm³/mol. The fourth-order valence-electron chi connectivity index (χ4n) is 6.17. The summed E-state index contributed by atoms with van der Waals surface area (Å²) in [5, 5.41) is 5.98. The highest BCUT2D eigenvalue weighted by Gasteiger charge is 2.48. The second-order valence-corrected chi connectivity index (χ2v) is 10.7. The minimum atomic E-state index is 0.0866. The number of nitrogens with zero attached hydrogens (tertiary/aromatic N) is 1. The largest absolute Gasteiger partial charge is 0.375 e. The predicted octanol–water partition coefficient (Wildman–Crippen LogP) is 5.75. The minimum absolute atomic E-state index is 0.0866. The summed E-state index contributed by atoms with van der Waals surface area (Å²) in [6.45, 7) is 5.86. The van der Waals surface area contributed by atoms with Crippen LogP contribution in [0, 0.1) is 0 Å². The maximum absolute atomic E-state index is 6.39. The Bertz CT molecular complexity index is 848. The van der Waals surface area contributed by atoms with E-state index < -0.39 is 0 Å². The average molecular weight is 441 g/mol. The van der Waals surface area contributed by atoms with Crippen LogP contribution in [0.25, 0.3) is 0 Å². The van der Waals surface area contributed by atoms with Gasteiger partial charge in [-0.05, 0) is 74.2 Å². The fraction of sp³-hybridized carbons (Fsp3) is 0.654. The fourth-order valence-corrected chi connectivity index (χ4v) is 7.21. The summed E-state index contributed by atoms with van der Waals surface area (Å²) >= 11 is 1.86. The van der Waals surface area contributed by atoms with E-state index in [-0.39, 0.29) is 17.1 Å². The zero-order valence-corrected chi connectivity index (χ0v) is 19.6. The van der Waals surface area contributed by atoms with Crippen LogP contribution in [0.15, 0.2) is 35.8 Å². The molecule has 31 heavy (non-hydrogen) atoms. The van der Waals surface area contributed by atoms with Crippen molar-refractivity contribution >= 4 is 11.3 Å². The molecule has 1 N–H and O–H groups in total. The first-order valence-electron chi connectivity index (χ1n) is 12.2. The third-order valence-electron chi connectivity index (χ3n) is 7.93. The molecule has 5 heteroatoms. The molecule has 0 bridgehead atoms. The van der Waals surface area contributed by atoms with Crippen LogP contribution in [0.1, 0.15) is 86.4 Å². The molecule has 1 spiro atoms. The Labute approximate surface area is 190 Å². The number of fused-ring (bicyclic) bond motifs is 1. The second kappa shape index (κ2) is 9.30. The number of rotatable bonds is 7. The molecule has 2 aromatic heterocycles. The van der Waals surface area contributed by atoms with E-state index in [0.29, 0.717) is 5.92 Å². The maximum Gasteiger partial charge on any atom is 0.104 e. The summed E-state index contributed by atoms with van der Waals surface area (Å²) in [5.74, 6) is 0.565. The van der Waals surface area contributed by atoms with Crippen LogP contribution < -0.4 is 5.32 Å². The summed E-state index contributed by atoms with van der Waals surface area (Å²) in [6.07, 6.45) is 11.6. The van der Waals surface area contributed by atoms with E-state index in [0.717, 1.165) is 52.0 Å². The molecule has 4 heterocycles. The van der Waals surface area contributed by atoms with Gasteiger partial charge in [-0.25, -0.2) is 0 Å². The molecule has 0 radical (unpaired) electrons. The van der Waals surface area contributed by atoms with Crippen molar-refractivity contribution in [3.8, 4) is 0 Å². The highest BCUT2D eigenvalue weighted by Crippen LogP contribution is 2.49. The van der Waals surface area contributed by atoms with Crippen LogP contribution in [-0.4, -0.2) is 36.9 Å². The zero-order chi connectivity index (χ0) is 21.2. The van der Waals surface area contributed by atoms with E-state index in [2.05, 4.69) is 35.8 Å². The first-order valence-corrected chi connectivity index (χ1v) is 13.1. The lowest BCUT2D eigenvalue weighted by atomic mass is 9.68. The van der Waals surface area contributed by atoms with Crippen molar-refractivity contribution in [3.05, 3.63) is 52.0 Å². The number of nitrogens with one attached hydrogen (secondary N) is 1. The third-order valence-corrected chi connectivity index (χ3v) is 8.96. The molecule has 1 saturated heterocycles. The van der Waals surface area contributed by atoms with E-state index in [1.54, 1.807) is 0 Å². The highest BCUT2D eigenvalue weighted by atomic mass is 32.1. The monoisotopic (exact) mass is 440 g/mol. The number of hydrogen-bond acceptors (Lipinski definition) is 5. The van der Waals surface area contributed by atoms with Gasteiger partial charge in [0.05, 0.1) is 12.2 Å². The van der Waals surface area contributed by atoms with Crippen molar-refractivity contribution in [3.63, 3.8) is 0 Å². The van der Waals surface area contributed by atoms with Gasteiger partial charge < -0.3 is 14.8 Å². The Morgan fingerprint density at radius 3 is 2.90 bits per heavy atom. The summed E-state index contributed by atoms with van der Waals surface area (Å²) < 4.78 is 12.6. The Kier molecular flexibility index (Phi) is 6.47. The number of pyridine rings is 1. The molecule has 3 aliphatic rings. The molecule has 2 aliphatic heterocycles. The van der Waals surface area contributed by atoms with Crippen molar-refractivity contribution in [1.82, 2.24) is 10.3 Å². The first-order chi connectivity index (χ1) is 15.2. The molecular formula is C26H36N2O2S. The molecule has 0 aromatic carbocycles. The van der Waals surface area contributed by atoms with Crippen LogP contribution in [0.3, 0.4) is 0 Å². The summed E-state index contributed by atoms with van der Waals surface area (Å²) in [7, 11) is 0. The quantitative estimate of drug-likeness (QED) is 0.557. The van der Waals surface area contributed by atoms with Gasteiger partial charge in [-0.1, -0.05) is 25.8 Å². The van der Waals surface area contributed by atoms with Crippen LogP contribution in [0.5, 0.6) is 0 Å². The number of aromatic nitrogens is 1. The number of hydrogen-bond donors (Lipinski definition) is 1. The van der Waals surface area contributed by atoms with Gasteiger partial charge in [0, 0.05) is 41.3 Å². The topological polar surface area (TPSA) is 43.4 Å². The van der Waals surface area contributed by atoms with Gasteiger partial charge in [-0.3, -0.25) is 4.98 Å². The van der Waals surface area contributed by atoms with Gasteiger partial charge in [-0.2, -0.15) is 0 Å². The maximum atomic E-state index is 6.39. The molecule has 2 fully saturated rings. The molecule has 168 valence electrons. The zero-order valence-electron chi connectivity index (χ0n) is 18.8. The summed E-state index contributed by atoms with van der Waals surface area (Å²) in [5.41, 5.74) is 2.98. The lowest BCUT2D eigenvalue weighted by Gasteiger charge is -2.46. The standard InChI is InChI=1S/C26H36N2O2S/c1-2-20-18-29-22(24-21(20)8-16-31-24)17-27-14-11-25(23-7-3-6-13-28-23)12-15-30-26(19-25)9-4-5-10-26/h3,6-8,13,16,20,22,27H,2,4-5,9-12,14-15,17-19H2,1H3/t20?,22?,25-/m1/s1. The van der Waals surface area contributed by atoms with Crippen LogP contribution in [0.2, 0.25) is 0 Å². The van der Waals surface area contributed by atoms with Crippen LogP contribution >= 0.6 is 11.3 Å². The Morgan fingerprint density at radius 2 is 2.10 bits per heavy atom. The number of thiophene rings is 1. The molecule has 2 unspecified atom stereocenters. The SMILES string of the molecule is CCC1COC(CNCC[C@@]2(c3ccccn3)CCOC3(CCCC3)C2)c2sccc21. The highest BCUT2D eigenvalue weighted by molar-refractivity contribution is 7.10. The lowest BCUT2D eigenvalue weighted by Crippen LogP contribution is -2.47. The van der Waals surface area contributed by atoms with Crippen molar-refractivity contribution in [1.29, 1.82) is 0 Å². The molecule has 4 nitrogen and oxygen atoms in total. The molecule has 2 aromatic rings. The van der Waals surface area contributed by atoms with E-state index in [1.807, 2.05) is 23.6 Å². The van der Waals surface area contributed by atoms with E-state index in [1.165, 1.54) is 41.8 Å². The van der Waals surface area contributed by atoms with E-state index in [9.17, 15) is 0 Å². The summed E-state index contributed by atoms with van der Waals surface area (Å²) in [4.78, 5) is 6.26. The number of ether oxygens (including phenoxy) is 2. The van der Waals surface area contributed by atoms with Gasteiger partial charge in [0.15, 0.2) is 0 Å². The lowest BCUT2D eigenvalue weighted by molar-refractivity contribution is -0.104.